The lowest BCUT2D eigenvalue weighted by atomic mass is 10.1. The fraction of sp³-hybridized carbons (Fsp3) is 0.385. The predicted octanol–water partition coefficient (Wildman–Crippen LogP) is 2.45. The zero-order valence-electron chi connectivity index (χ0n) is 10.9. The molecule has 0 saturated carbocycles. The second-order valence-electron chi connectivity index (χ2n) is 4.29. The van der Waals surface area contributed by atoms with Crippen LogP contribution in [0.15, 0.2) is 29.2 Å². The van der Waals surface area contributed by atoms with E-state index in [1.807, 2.05) is 31.9 Å². The summed E-state index contributed by atoms with van der Waals surface area (Å²) in [6.45, 7) is 2.92. The summed E-state index contributed by atoms with van der Waals surface area (Å²) in [6.07, 6.45) is 1.86. The SMILES string of the molecule is CNC(C)c1ccnc(N(C)Cc2cscn2)c1. The van der Waals surface area contributed by atoms with Crippen LogP contribution in [0.4, 0.5) is 5.82 Å². The maximum Gasteiger partial charge on any atom is 0.128 e. The van der Waals surface area contributed by atoms with E-state index in [2.05, 4.69) is 38.6 Å². The Kier molecular flexibility index (Phi) is 4.28. The molecule has 2 aromatic heterocycles. The summed E-state index contributed by atoms with van der Waals surface area (Å²) < 4.78 is 0. The first-order valence-electron chi connectivity index (χ1n) is 5.92. The van der Waals surface area contributed by atoms with Crippen LogP contribution in [0.1, 0.15) is 24.2 Å². The third-order valence-electron chi connectivity index (χ3n) is 2.98. The summed E-state index contributed by atoms with van der Waals surface area (Å²) in [5, 5.41) is 5.30. The molecule has 2 aromatic rings. The molecule has 2 rings (SSSR count). The molecule has 0 aromatic carbocycles. The van der Waals surface area contributed by atoms with E-state index in [0.717, 1.165) is 18.1 Å². The molecule has 1 unspecified atom stereocenters. The van der Waals surface area contributed by atoms with Gasteiger partial charge in [-0.1, -0.05) is 0 Å². The lowest BCUT2D eigenvalue weighted by Gasteiger charge is -2.19. The van der Waals surface area contributed by atoms with Crippen LogP contribution in [0.25, 0.3) is 0 Å². The summed E-state index contributed by atoms with van der Waals surface area (Å²) in [6, 6.07) is 4.49. The van der Waals surface area contributed by atoms with Crippen molar-refractivity contribution >= 4 is 17.2 Å². The molecule has 0 saturated heterocycles. The van der Waals surface area contributed by atoms with E-state index in [0.29, 0.717) is 6.04 Å². The number of nitrogens with one attached hydrogen (secondary N) is 1. The predicted molar refractivity (Wildman–Crippen MR) is 75.9 cm³/mol. The lowest BCUT2D eigenvalue weighted by molar-refractivity contribution is 0.651. The third kappa shape index (κ3) is 3.05. The Morgan fingerprint density at radius 2 is 2.28 bits per heavy atom. The van der Waals surface area contributed by atoms with Crippen LogP contribution < -0.4 is 10.2 Å². The van der Waals surface area contributed by atoms with Crippen molar-refractivity contribution in [2.75, 3.05) is 19.0 Å². The van der Waals surface area contributed by atoms with Gasteiger partial charge in [0.2, 0.25) is 0 Å². The van der Waals surface area contributed by atoms with Gasteiger partial charge in [0.15, 0.2) is 0 Å². The maximum absolute atomic E-state index is 4.41. The van der Waals surface area contributed by atoms with Crippen LogP contribution >= 0.6 is 11.3 Å². The Bertz CT molecular complexity index is 483. The van der Waals surface area contributed by atoms with Crippen LogP contribution in [0, 0.1) is 0 Å². The molecule has 0 aliphatic carbocycles. The molecule has 2 heterocycles. The number of hydrogen-bond donors (Lipinski definition) is 1. The van der Waals surface area contributed by atoms with Gasteiger partial charge in [0.05, 0.1) is 17.7 Å². The highest BCUT2D eigenvalue weighted by Gasteiger charge is 2.08. The topological polar surface area (TPSA) is 41.1 Å². The van der Waals surface area contributed by atoms with Crippen LogP contribution in [-0.2, 0) is 6.54 Å². The first kappa shape index (κ1) is 13.0. The Morgan fingerprint density at radius 3 is 2.94 bits per heavy atom. The molecule has 0 amide bonds. The minimum Gasteiger partial charge on any atom is -0.354 e. The van der Waals surface area contributed by atoms with Gasteiger partial charge < -0.3 is 10.2 Å². The number of thiazole rings is 1. The summed E-state index contributed by atoms with van der Waals surface area (Å²) in [4.78, 5) is 10.8. The molecule has 0 bridgehead atoms. The number of nitrogens with zero attached hydrogens (tertiary/aromatic N) is 3. The summed E-state index contributed by atoms with van der Waals surface area (Å²) >= 11 is 1.62. The Labute approximate surface area is 112 Å². The van der Waals surface area contributed by atoms with E-state index in [-0.39, 0.29) is 0 Å². The number of pyridine rings is 1. The molecule has 0 aliphatic heterocycles. The van der Waals surface area contributed by atoms with Gasteiger partial charge in [-0.05, 0) is 31.7 Å². The Morgan fingerprint density at radius 1 is 1.44 bits per heavy atom. The van der Waals surface area contributed by atoms with Gasteiger partial charge in [-0.15, -0.1) is 11.3 Å². The minimum atomic E-state index is 0.333. The number of hydrogen-bond acceptors (Lipinski definition) is 5. The van der Waals surface area contributed by atoms with Crippen LogP contribution in [-0.4, -0.2) is 24.1 Å². The van der Waals surface area contributed by atoms with Crippen molar-refractivity contribution in [2.24, 2.45) is 0 Å². The van der Waals surface area contributed by atoms with Crippen molar-refractivity contribution in [3.63, 3.8) is 0 Å². The highest BCUT2D eigenvalue weighted by atomic mass is 32.1. The average molecular weight is 262 g/mol. The minimum absolute atomic E-state index is 0.333. The molecular weight excluding hydrogens is 244 g/mol. The number of aromatic nitrogens is 2. The molecule has 0 spiro atoms. The van der Waals surface area contributed by atoms with Crippen molar-refractivity contribution in [2.45, 2.75) is 19.5 Å². The maximum atomic E-state index is 4.41. The normalized spacial score (nSPS) is 12.4. The van der Waals surface area contributed by atoms with Crippen molar-refractivity contribution in [1.29, 1.82) is 0 Å². The highest BCUT2D eigenvalue weighted by Crippen LogP contribution is 2.18. The van der Waals surface area contributed by atoms with Gasteiger partial charge in [0, 0.05) is 24.7 Å². The van der Waals surface area contributed by atoms with Gasteiger partial charge >= 0.3 is 0 Å². The summed E-state index contributed by atoms with van der Waals surface area (Å²) in [5.41, 5.74) is 4.18. The molecule has 1 N–H and O–H groups in total. The highest BCUT2D eigenvalue weighted by molar-refractivity contribution is 7.07. The van der Waals surface area contributed by atoms with Crippen LogP contribution in [0.3, 0.4) is 0 Å². The monoisotopic (exact) mass is 262 g/mol. The zero-order valence-corrected chi connectivity index (χ0v) is 11.7. The fourth-order valence-electron chi connectivity index (χ4n) is 1.72. The molecule has 0 aliphatic rings. The third-order valence-corrected chi connectivity index (χ3v) is 3.61. The van der Waals surface area contributed by atoms with Gasteiger partial charge in [0.25, 0.3) is 0 Å². The van der Waals surface area contributed by atoms with Gasteiger partial charge in [-0.2, -0.15) is 0 Å². The van der Waals surface area contributed by atoms with Crippen molar-refractivity contribution in [1.82, 2.24) is 15.3 Å². The molecular formula is C13H18N4S. The van der Waals surface area contributed by atoms with E-state index < -0.39 is 0 Å². The van der Waals surface area contributed by atoms with Crippen molar-refractivity contribution in [3.8, 4) is 0 Å². The zero-order chi connectivity index (χ0) is 13.0. The van der Waals surface area contributed by atoms with Crippen LogP contribution in [0.5, 0.6) is 0 Å². The van der Waals surface area contributed by atoms with E-state index >= 15 is 0 Å². The standard InChI is InChI=1S/C13H18N4S/c1-10(14-2)11-4-5-15-13(6-11)17(3)7-12-8-18-9-16-12/h4-6,8-10,14H,7H2,1-3H3. The molecule has 18 heavy (non-hydrogen) atoms. The van der Waals surface area contributed by atoms with Gasteiger partial charge in [0.1, 0.15) is 5.82 Å². The quantitative estimate of drug-likeness (QED) is 0.898. The van der Waals surface area contributed by atoms with E-state index in [1.54, 1.807) is 11.3 Å². The summed E-state index contributed by atoms with van der Waals surface area (Å²) in [5.74, 6) is 0.975. The van der Waals surface area contributed by atoms with Gasteiger partial charge in [-0.25, -0.2) is 9.97 Å². The molecule has 0 radical (unpaired) electrons. The first-order chi connectivity index (χ1) is 8.70. The Balaban J connectivity index is 2.12. The Hall–Kier alpha value is -1.46. The molecule has 1 atom stereocenters. The molecule has 0 fully saturated rings. The van der Waals surface area contributed by atoms with Crippen molar-refractivity contribution < 1.29 is 0 Å². The average Bonchev–Trinajstić information content (AvgIpc) is 2.90. The second kappa shape index (κ2) is 5.93. The van der Waals surface area contributed by atoms with E-state index in [9.17, 15) is 0 Å². The lowest BCUT2D eigenvalue weighted by Crippen LogP contribution is -2.19. The first-order valence-corrected chi connectivity index (χ1v) is 6.86. The number of anilines is 1. The van der Waals surface area contributed by atoms with Crippen LogP contribution in [0.2, 0.25) is 0 Å². The smallest absolute Gasteiger partial charge is 0.128 e. The largest absolute Gasteiger partial charge is 0.354 e. The van der Waals surface area contributed by atoms with Crippen molar-refractivity contribution in [3.05, 3.63) is 40.5 Å². The second-order valence-corrected chi connectivity index (χ2v) is 5.01. The molecule has 96 valence electrons. The number of rotatable bonds is 5. The molecule has 5 heteroatoms. The fourth-order valence-corrected chi connectivity index (χ4v) is 2.27. The van der Waals surface area contributed by atoms with Gasteiger partial charge in [-0.3, -0.25) is 0 Å². The van der Waals surface area contributed by atoms with E-state index in [4.69, 9.17) is 0 Å². The summed E-state index contributed by atoms with van der Waals surface area (Å²) in [7, 11) is 4.00. The van der Waals surface area contributed by atoms with E-state index in [1.165, 1.54) is 5.56 Å². The molecule has 4 nitrogen and oxygen atoms in total.